The van der Waals surface area contributed by atoms with Crippen LogP contribution in [0.15, 0.2) is 0 Å². The molecular weight excluding hydrogens is 1290 g/mol. The Morgan fingerprint density at radius 3 is 0.768 bits per heavy atom. The van der Waals surface area contributed by atoms with Crippen molar-refractivity contribution in [2.45, 2.75) is 433 Å². The van der Waals surface area contributed by atoms with Gasteiger partial charge >= 0.3 is 39.5 Å². The van der Waals surface area contributed by atoms with Gasteiger partial charge in [0.2, 0.25) is 0 Å². The quantitative estimate of drug-likeness (QED) is 0.0222. The second-order valence-corrected chi connectivity index (χ2v) is 32.7. The van der Waals surface area contributed by atoms with E-state index >= 15 is 0 Å². The third-order valence-corrected chi connectivity index (χ3v) is 21.3. The van der Waals surface area contributed by atoms with Gasteiger partial charge in [-0.1, -0.05) is 363 Å². The molecule has 0 aliphatic carbocycles. The zero-order valence-corrected chi connectivity index (χ0v) is 66.8. The lowest BCUT2D eigenvalue weighted by Crippen LogP contribution is -2.30. The summed E-state index contributed by atoms with van der Waals surface area (Å²) in [6, 6.07) is 0. The number of carbonyl (C=O) groups excluding carboxylic acids is 4. The van der Waals surface area contributed by atoms with Crippen LogP contribution in [-0.4, -0.2) is 96.7 Å². The smallest absolute Gasteiger partial charge is 0.462 e. The minimum Gasteiger partial charge on any atom is -0.462 e. The van der Waals surface area contributed by atoms with Crippen molar-refractivity contribution in [3.8, 4) is 0 Å². The van der Waals surface area contributed by atoms with E-state index in [0.29, 0.717) is 25.7 Å². The molecule has 588 valence electrons. The number of rotatable bonds is 78. The van der Waals surface area contributed by atoms with E-state index in [1.165, 1.54) is 225 Å². The highest BCUT2D eigenvalue weighted by molar-refractivity contribution is 7.47. The Hall–Kier alpha value is -1.94. The minimum absolute atomic E-state index is 0.106. The lowest BCUT2D eigenvalue weighted by atomic mass is 9.99. The van der Waals surface area contributed by atoms with E-state index in [2.05, 4.69) is 48.5 Å². The summed E-state index contributed by atoms with van der Waals surface area (Å²) in [5, 5.41) is 10.6. The van der Waals surface area contributed by atoms with E-state index in [0.717, 1.165) is 108 Å². The minimum atomic E-state index is -4.96. The lowest BCUT2D eigenvalue weighted by molar-refractivity contribution is -0.161. The summed E-state index contributed by atoms with van der Waals surface area (Å²) in [5.41, 5.74) is 0. The molecule has 0 spiro atoms. The third-order valence-electron chi connectivity index (χ3n) is 19.4. The SMILES string of the molecule is CCCCCCCCCCCC(=O)OC[C@H](COP(=O)(O)OC[C@H](O)COP(=O)(O)OC[C@@H](COC(=O)CCCCCCCCCCCCCCCCC(C)CC)OC(=O)CCCCCCCCCCCCCCCCC(C)CC)OC(=O)CCCCCCCCCCCCCC(C)C. The summed E-state index contributed by atoms with van der Waals surface area (Å²) in [6.07, 6.45) is 58.1. The second kappa shape index (κ2) is 70.4. The van der Waals surface area contributed by atoms with Crippen molar-refractivity contribution >= 4 is 39.5 Å². The van der Waals surface area contributed by atoms with Gasteiger partial charge in [-0.15, -0.1) is 0 Å². The number of carbonyl (C=O) groups is 4. The first kappa shape index (κ1) is 97.1. The number of unbranched alkanes of at least 4 members (excludes halogenated alkanes) is 44. The first-order chi connectivity index (χ1) is 47.8. The Labute approximate surface area is 607 Å². The van der Waals surface area contributed by atoms with Gasteiger partial charge in [-0.2, -0.15) is 0 Å². The highest BCUT2D eigenvalue weighted by Gasteiger charge is 2.30. The molecule has 0 radical (unpaired) electrons. The zero-order valence-electron chi connectivity index (χ0n) is 65.0. The van der Waals surface area contributed by atoms with Gasteiger partial charge in [0.1, 0.15) is 19.3 Å². The average Bonchev–Trinajstić information content (AvgIpc) is 1.74. The molecule has 0 fully saturated rings. The topological polar surface area (TPSA) is 237 Å². The van der Waals surface area contributed by atoms with E-state index in [9.17, 15) is 43.2 Å². The van der Waals surface area contributed by atoms with Crippen molar-refractivity contribution in [3.63, 3.8) is 0 Å². The van der Waals surface area contributed by atoms with Gasteiger partial charge < -0.3 is 33.8 Å². The van der Waals surface area contributed by atoms with Gasteiger partial charge in [-0.05, 0) is 43.4 Å². The van der Waals surface area contributed by atoms with Gasteiger partial charge in [0, 0.05) is 25.7 Å². The number of phosphoric acid groups is 2. The number of hydrogen-bond donors (Lipinski definition) is 3. The molecule has 99 heavy (non-hydrogen) atoms. The fourth-order valence-electron chi connectivity index (χ4n) is 12.2. The molecule has 0 bridgehead atoms. The lowest BCUT2D eigenvalue weighted by Gasteiger charge is -2.21. The molecule has 0 rings (SSSR count). The van der Waals surface area contributed by atoms with Crippen molar-refractivity contribution in [2.24, 2.45) is 17.8 Å². The van der Waals surface area contributed by atoms with Crippen LogP contribution in [0.3, 0.4) is 0 Å². The molecular formula is C80H156O17P2. The molecule has 0 heterocycles. The van der Waals surface area contributed by atoms with E-state index in [1.807, 2.05) is 0 Å². The Morgan fingerprint density at radius 2 is 0.515 bits per heavy atom. The van der Waals surface area contributed by atoms with Gasteiger partial charge in [0.05, 0.1) is 26.4 Å². The summed E-state index contributed by atoms with van der Waals surface area (Å²) in [5.74, 6) is 0.349. The number of ether oxygens (including phenoxy) is 4. The van der Waals surface area contributed by atoms with E-state index in [-0.39, 0.29) is 25.7 Å². The summed E-state index contributed by atoms with van der Waals surface area (Å²) >= 11 is 0. The zero-order chi connectivity index (χ0) is 73.0. The standard InChI is InChI=1S/C80H156O17P2/c1-8-11-12-13-14-30-40-47-54-61-77(82)90-67-75(96-80(85)64-57-50-43-36-29-23-24-31-37-44-51-58-71(4)5)69-94-98(86,87)92-65-74(81)66-93-99(88,89)95-70-76(97-79(84)63-56-49-42-35-28-22-18-16-20-26-33-39-46-53-60-73(7)10-3)68-91-78(83)62-55-48-41-34-27-21-17-15-19-25-32-38-45-52-59-72(6)9-2/h71-76,81H,8-70H2,1-7H3,(H,86,87)(H,88,89)/t72?,73?,74-,75+,76+/m0/s1. The van der Waals surface area contributed by atoms with Crippen molar-refractivity contribution < 1.29 is 80.2 Å². The summed E-state index contributed by atoms with van der Waals surface area (Å²) < 4.78 is 68.7. The van der Waals surface area contributed by atoms with Crippen LogP contribution in [0.25, 0.3) is 0 Å². The molecule has 17 nitrogen and oxygen atoms in total. The van der Waals surface area contributed by atoms with Crippen LogP contribution >= 0.6 is 15.6 Å². The molecule has 0 aliphatic heterocycles. The molecule has 0 aromatic carbocycles. The van der Waals surface area contributed by atoms with Crippen LogP contribution in [0.1, 0.15) is 414 Å². The molecule has 0 saturated heterocycles. The third kappa shape index (κ3) is 71.5. The Bertz CT molecular complexity index is 1930. The maximum Gasteiger partial charge on any atom is 0.472 e. The van der Waals surface area contributed by atoms with Crippen molar-refractivity contribution in [3.05, 3.63) is 0 Å². The molecule has 3 N–H and O–H groups in total. The van der Waals surface area contributed by atoms with Crippen LogP contribution in [0.5, 0.6) is 0 Å². The van der Waals surface area contributed by atoms with Gasteiger partial charge in [-0.25, -0.2) is 9.13 Å². The fourth-order valence-corrected chi connectivity index (χ4v) is 13.8. The molecule has 0 aliphatic rings. The summed E-state index contributed by atoms with van der Waals surface area (Å²) in [6.45, 7) is 12.0. The molecule has 0 saturated carbocycles. The highest BCUT2D eigenvalue weighted by Crippen LogP contribution is 2.45. The van der Waals surface area contributed by atoms with E-state index in [4.69, 9.17) is 37.0 Å². The Balaban J connectivity index is 5.23. The summed E-state index contributed by atoms with van der Waals surface area (Å²) in [4.78, 5) is 72.9. The molecule has 0 aromatic rings. The van der Waals surface area contributed by atoms with Crippen molar-refractivity contribution in [2.75, 3.05) is 39.6 Å². The van der Waals surface area contributed by atoms with E-state index < -0.39 is 97.5 Å². The number of phosphoric ester groups is 2. The maximum absolute atomic E-state index is 13.1. The Morgan fingerprint density at radius 1 is 0.293 bits per heavy atom. The van der Waals surface area contributed by atoms with E-state index in [1.54, 1.807) is 0 Å². The van der Waals surface area contributed by atoms with Gasteiger partial charge in [0.15, 0.2) is 12.2 Å². The van der Waals surface area contributed by atoms with Crippen LogP contribution in [0, 0.1) is 17.8 Å². The molecule has 4 unspecified atom stereocenters. The van der Waals surface area contributed by atoms with Crippen LogP contribution in [0.4, 0.5) is 0 Å². The predicted molar refractivity (Wildman–Crippen MR) is 405 cm³/mol. The van der Waals surface area contributed by atoms with Crippen LogP contribution in [0.2, 0.25) is 0 Å². The Kier molecular flexibility index (Phi) is 69.0. The number of aliphatic hydroxyl groups excluding tert-OH is 1. The predicted octanol–water partition coefficient (Wildman–Crippen LogP) is 23.7. The normalized spacial score (nSPS) is 14.5. The van der Waals surface area contributed by atoms with Gasteiger partial charge in [-0.3, -0.25) is 37.3 Å². The average molecular weight is 1450 g/mol. The largest absolute Gasteiger partial charge is 0.472 e. The second-order valence-electron chi connectivity index (χ2n) is 29.8. The highest BCUT2D eigenvalue weighted by atomic mass is 31.2. The fraction of sp³-hybridized carbons (Fsp3) is 0.950. The first-order valence-corrected chi connectivity index (χ1v) is 44.4. The maximum atomic E-state index is 13.1. The monoisotopic (exact) mass is 1450 g/mol. The van der Waals surface area contributed by atoms with Crippen molar-refractivity contribution in [1.82, 2.24) is 0 Å². The molecule has 0 amide bonds. The van der Waals surface area contributed by atoms with Gasteiger partial charge in [0.25, 0.3) is 0 Å². The molecule has 19 heteroatoms. The van der Waals surface area contributed by atoms with Crippen LogP contribution in [-0.2, 0) is 65.4 Å². The van der Waals surface area contributed by atoms with Crippen LogP contribution < -0.4 is 0 Å². The van der Waals surface area contributed by atoms with Crippen molar-refractivity contribution in [1.29, 1.82) is 0 Å². The molecule has 7 atom stereocenters. The first-order valence-electron chi connectivity index (χ1n) is 41.4. The number of hydrogen-bond acceptors (Lipinski definition) is 15. The summed E-state index contributed by atoms with van der Waals surface area (Å²) in [7, 11) is -9.92. The number of esters is 4. The molecule has 0 aromatic heterocycles. The number of aliphatic hydroxyl groups is 1.